The van der Waals surface area contributed by atoms with Crippen molar-refractivity contribution in [1.29, 1.82) is 0 Å². The van der Waals surface area contributed by atoms with E-state index in [0.717, 1.165) is 5.56 Å². The maximum atomic E-state index is 11.3. The Labute approximate surface area is 118 Å². The lowest BCUT2D eigenvalue weighted by molar-refractivity contribution is -0.147. The zero-order valence-corrected chi connectivity index (χ0v) is 12.3. The van der Waals surface area contributed by atoms with Crippen LogP contribution in [0, 0.1) is 0 Å². The van der Waals surface area contributed by atoms with Crippen LogP contribution in [0.1, 0.15) is 29.0 Å². The van der Waals surface area contributed by atoms with E-state index in [0.29, 0.717) is 10.5 Å². The Morgan fingerprint density at radius 3 is 2.44 bits per heavy atom. The van der Waals surface area contributed by atoms with Gasteiger partial charge in [0.1, 0.15) is 5.78 Å². The number of aliphatic hydroxyl groups excluding tert-OH is 1. The SMILES string of the molecule is CSc1cc(C(Br)C(C)=O)ccc1C(O)C(=O)O. The highest BCUT2D eigenvalue weighted by Gasteiger charge is 2.21. The number of Topliss-reactive ketones (excluding diaryl/α,β-unsaturated/α-hetero) is 1. The molecule has 0 fully saturated rings. The summed E-state index contributed by atoms with van der Waals surface area (Å²) in [6, 6.07) is 4.89. The van der Waals surface area contributed by atoms with Crippen molar-refractivity contribution in [2.45, 2.75) is 22.8 Å². The fraction of sp³-hybridized carbons (Fsp3) is 0.333. The lowest BCUT2D eigenvalue weighted by Gasteiger charge is -2.14. The first-order valence-electron chi connectivity index (χ1n) is 5.11. The third-order valence-electron chi connectivity index (χ3n) is 2.44. The van der Waals surface area contributed by atoms with Crippen LogP contribution in [0.3, 0.4) is 0 Å². The maximum absolute atomic E-state index is 11.3. The molecule has 0 aliphatic heterocycles. The van der Waals surface area contributed by atoms with Gasteiger partial charge in [0.25, 0.3) is 0 Å². The zero-order chi connectivity index (χ0) is 13.9. The molecule has 0 aliphatic carbocycles. The fourth-order valence-corrected chi connectivity index (χ4v) is 2.43. The number of aliphatic hydroxyl groups is 1. The number of carboxylic acids is 1. The van der Waals surface area contributed by atoms with E-state index >= 15 is 0 Å². The number of hydrogen-bond acceptors (Lipinski definition) is 4. The second-order valence-electron chi connectivity index (χ2n) is 3.72. The molecule has 4 nitrogen and oxygen atoms in total. The Morgan fingerprint density at radius 1 is 1.39 bits per heavy atom. The van der Waals surface area contributed by atoms with Gasteiger partial charge in [-0.1, -0.05) is 28.1 Å². The third-order valence-corrected chi connectivity index (χ3v) is 4.40. The standard InChI is InChI=1S/C12H13BrO4S/c1-6(14)10(13)7-3-4-8(9(5-7)18-2)11(15)12(16)17/h3-5,10-11,15H,1-2H3,(H,16,17). The second-order valence-corrected chi connectivity index (χ2v) is 5.48. The van der Waals surface area contributed by atoms with Crippen LogP contribution >= 0.6 is 27.7 Å². The summed E-state index contributed by atoms with van der Waals surface area (Å²) in [5.74, 6) is -1.33. The van der Waals surface area contributed by atoms with Crippen LogP contribution in [0.5, 0.6) is 0 Å². The second kappa shape index (κ2) is 6.36. The van der Waals surface area contributed by atoms with Gasteiger partial charge in [-0.25, -0.2) is 4.79 Å². The molecule has 0 saturated heterocycles. The largest absolute Gasteiger partial charge is 0.479 e. The minimum absolute atomic E-state index is 0.0337. The van der Waals surface area contributed by atoms with E-state index in [-0.39, 0.29) is 5.78 Å². The lowest BCUT2D eigenvalue weighted by Crippen LogP contribution is -2.12. The van der Waals surface area contributed by atoms with E-state index in [9.17, 15) is 14.7 Å². The summed E-state index contributed by atoms with van der Waals surface area (Å²) in [6.07, 6.45) is 0.237. The molecule has 0 bridgehead atoms. The molecule has 0 amide bonds. The maximum Gasteiger partial charge on any atom is 0.337 e. The molecular weight excluding hydrogens is 320 g/mol. The third kappa shape index (κ3) is 3.34. The van der Waals surface area contributed by atoms with Gasteiger partial charge in [-0.05, 0) is 24.8 Å². The summed E-state index contributed by atoms with van der Waals surface area (Å²) in [5.41, 5.74) is 1.08. The minimum atomic E-state index is -1.55. The highest BCUT2D eigenvalue weighted by atomic mass is 79.9. The molecule has 6 heteroatoms. The summed E-state index contributed by atoms with van der Waals surface area (Å²) in [7, 11) is 0. The topological polar surface area (TPSA) is 74.6 Å². The number of thioether (sulfide) groups is 1. The molecule has 1 aromatic carbocycles. The van der Waals surface area contributed by atoms with Gasteiger partial charge in [0.05, 0.1) is 4.83 Å². The van der Waals surface area contributed by atoms with Crippen molar-refractivity contribution < 1.29 is 19.8 Å². The van der Waals surface area contributed by atoms with Crippen LogP contribution in [0.15, 0.2) is 23.1 Å². The average molecular weight is 333 g/mol. The summed E-state index contributed by atoms with van der Waals surface area (Å²) < 4.78 is 0. The molecule has 0 radical (unpaired) electrons. The molecule has 98 valence electrons. The smallest absolute Gasteiger partial charge is 0.337 e. The molecular formula is C12H13BrO4S. The average Bonchev–Trinajstić information content (AvgIpc) is 2.35. The number of carbonyl (C=O) groups is 2. The van der Waals surface area contributed by atoms with Gasteiger partial charge >= 0.3 is 5.97 Å². The normalized spacial score (nSPS) is 14.0. The summed E-state index contributed by atoms with van der Waals surface area (Å²) in [4.78, 5) is 22.3. The highest BCUT2D eigenvalue weighted by molar-refractivity contribution is 9.09. The quantitative estimate of drug-likeness (QED) is 0.640. The summed E-state index contributed by atoms with van der Waals surface area (Å²) in [6.45, 7) is 1.47. The number of halogens is 1. The number of alkyl halides is 1. The molecule has 2 atom stereocenters. The Balaban J connectivity index is 3.19. The van der Waals surface area contributed by atoms with Gasteiger partial charge in [0.2, 0.25) is 0 Å². The number of carbonyl (C=O) groups excluding carboxylic acids is 1. The molecule has 2 N–H and O–H groups in total. The summed E-state index contributed by atoms with van der Waals surface area (Å²) in [5, 5.41) is 18.4. The van der Waals surface area contributed by atoms with Gasteiger partial charge in [-0.3, -0.25) is 4.79 Å². The van der Waals surface area contributed by atoms with Crippen LogP contribution in [0.2, 0.25) is 0 Å². The molecule has 0 heterocycles. The lowest BCUT2D eigenvalue weighted by atomic mass is 10.0. The van der Waals surface area contributed by atoms with Crippen LogP contribution in [0.25, 0.3) is 0 Å². The highest BCUT2D eigenvalue weighted by Crippen LogP contribution is 2.32. The molecule has 0 spiro atoms. The van der Waals surface area contributed by atoms with E-state index in [1.165, 1.54) is 24.8 Å². The van der Waals surface area contributed by atoms with E-state index < -0.39 is 16.9 Å². The van der Waals surface area contributed by atoms with E-state index in [4.69, 9.17) is 5.11 Å². The van der Waals surface area contributed by atoms with Crippen molar-refractivity contribution in [2.24, 2.45) is 0 Å². The van der Waals surface area contributed by atoms with Crippen molar-refractivity contribution in [2.75, 3.05) is 6.26 Å². The summed E-state index contributed by atoms with van der Waals surface area (Å²) >= 11 is 4.60. The molecule has 0 aliphatic rings. The number of hydrogen-bond donors (Lipinski definition) is 2. The Hall–Kier alpha value is -0.850. The molecule has 18 heavy (non-hydrogen) atoms. The van der Waals surface area contributed by atoms with Gasteiger partial charge < -0.3 is 10.2 Å². The van der Waals surface area contributed by atoms with Crippen LogP contribution in [-0.4, -0.2) is 28.2 Å². The van der Waals surface area contributed by atoms with Crippen LogP contribution < -0.4 is 0 Å². The Morgan fingerprint density at radius 2 is 2.00 bits per heavy atom. The number of benzene rings is 1. The first-order valence-corrected chi connectivity index (χ1v) is 7.25. The number of aliphatic carboxylic acids is 1. The van der Waals surface area contributed by atoms with Crippen LogP contribution in [0.4, 0.5) is 0 Å². The van der Waals surface area contributed by atoms with E-state index in [2.05, 4.69) is 15.9 Å². The van der Waals surface area contributed by atoms with Gasteiger partial charge in [-0.15, -0.1) is 11.8 Å². The van der Waals surface area contributed by atoms with Crippen molar-refractivity contribution >= 4 is 39.4 Å². The zero-order valence-electron chi connectivity index (χ0n) is 9.88. The number of ketones is 1. The van der Waals surface area contributed by atoms with Crippen molar-refractivity contribution in [3.8, 4) is 0 Å². The first kappa shape index (κ1) is 15.2. The predicted molar refractivity (Wildman–Crippen MR) is 73.2 cm³/mol. The van der Waals surface area contributed by atoms with Crippen molar-refractivity contribution in [1.82, 2.24) is 0 Å². The van der Waals surface area contributed by atoms with E-state index in [1.54, 1.807) is 18.4 Å². The van der Waals surface area contributed by atoms with E-state index in [1.807, 2.05) is 0 Å². The fourth-order valence-electron chi connectivity index (χ4n) is 1.48. The van der Waals surface area contributed by atoms with Gasteiger partial charge in [0.15, 0.2) is 6.10 Å². The Bertz CT molecular complexity index is 475. The number of rotatable bonds is 5. The van der Waals surface area contributed by atoms with Gasteiger partial charge in [-0.2, -0.15) is 0 Å². The minimum Gasteiger partial charge on any atom is -0.479 e. The molecule has 0 saturated carbocycles. The molecule has 1 rings (SSSR count). The van der Waals surface area contributed by atoms with Gasteiger partial charge in [0, 0.05) is 10.5 Å². The van der Waals surface area contributed by atoms with Crippen molar-refractivity contribution in [3.05, 3.63) is 29.3 Å². The monoisotopic (exact) mass is 332 g/mol. The Kier molecular flexibility index (Phi) is 5.37. The molecule has 0 aromatic heterocycles. The first-order chi connectivity index (χ1) is 8.38. The number of carboxylic acid groups (broad SMARTS) is 1. The van der Waals surface area contributed by atoms with Crippen molar-refractivity contribution in [3.63, 3.8) is 0 Å². The predicted octanol–water partition coefficient (Wildman–Crippen LogP) is 2.55. The van der Waals surface area contributed by atoms with Crippen LogP contribution in [-0.2, 0) is 9.59 Å². The molecule has 1 aromatic rings. The molecule has 2 unspecified atom stereocenters.